The standard InChI is InChI=1S/C21H22N2O2/c1-13-8-7-10-18(14(13)2)22-20(25)12-23-15(3)21(16(4)24)17-9-5-6-11-19(17)23/h5-11H,12H2,1-4H3,(H,22,25). The van der Waals surface area contributed by atoms with E-state index in [1.165, 1.54) is 0 Å². The van der Waals surface area contributed by atoms with Crippen molar-refractivity contribution in [1.82, 2.24) is 4.57 Å². The largest absolute Gasteiger partial charge is 0.335 e. The molecule has 0 fully saturated rings. The van der Waals surface area contributed by atoms with Gasteiger partial charge in [0.25, 0.3) is 0 Å². The molecule has 4 heteroatoms. The lowest BCUT2D eigenvalue weighted by Gasteiger charge is -2.12. The molecule has 2 aromatic carbocycles. The molecular weight excluding hydrogens is 312 g/mol. The number of benzene rings is 2. The van der Waals surface area contributed by atoms with Crippen LogP contribution in [0.2, 0.25) is 0 Å². The fourth-order valence-corrected chi connectivity index (χ4v) is 3.30. The summed E-state index contributed by atoms with van der Waals surface area (Å²) >= 11 is 0. The summed E-state index contributed by atoms with van der Waals surface area (Å²) in [6.45, 7) is 7.65. The molecule has 0 spiro atoms. The second-order valence-corrected chi connectivity index (χ2v) is 6.42. The van der Waals surface area contributed by atoms with Crippen LogP contribution in [0, 0.1) is 20.8 Å². The van der Waals surface area contributed by atoms with E-state index >= 15 is 0 Å². The molecule has 0 saturated heterocycles. The SMILES string of the molecule is CC(=O)c1c(C)n(CC(=O)Nc2cccc(C)c2C)c2ccccc12. The maximum atomic E-state index is 12.6. The number of anilines is 1. The second kappa shape index (κ2) is 6.55. The predicted molar refractivity (Wildman–Crippen MR) is 101 cm³/mol. The van der Waals surface area contributed by atoms with Crippen LogP contribution in [-0.4, -0.2) is 16.3 Å². The van der Waals surface area contributed by atoms with Gasteiger partial charge in [-0.25, -0.2) is 0 Å². The number of hydrogen-bond donors (Lipinski definition) is 1. The lowest BCUT2D eigenvalue weighted by molar-refractivity contribution is -0.116. The van der Waals surface area contributed by atoms with Crippen LogP contribution >= 0.6 is 0 Å². The maximum absolute atomic E-state index is 12.6. The van der Waals surface area contributed by atoms with Crippen molar-refractivity contribution in [1.29, 1.82) is 0 Å². The second-order valence-electron chi connectivity index (χ2n) is 6.42. The molecule has 0 aliphatic heterocycles. The number of Topliss-reactive ketones (excluding diaryl/α,β-unsaturated/α-hetero) is 1. The Morgan fingerprint density at radius 3 is 2.44 bits per heavy atom. The summed E-state index contributed by atoms with van der Waals surface area (Å²) < 4.78 is 1.91. The zero-order chi connectivity index (χ0) is 18.1. The zero-order valence-corrected chi connectivity index (χ0v) is 15.0. The number of carbonyl (C=O) groups is 2. The maximum Gasteiger partial charge on any atom is 0.244 e. The molecule has 0 aliphatic rings. The minimum atomic E-state index is -0.104. The molecule has 0 atom stereocenters. The number of ketones is 1. The van der Waals surface area contributed by atoms with Gasteiger partial charge in [-0.3, -0.25) is 9.59 Å². The van der Waals surface area contributed by atoms with Crippen LogP contribution in [0.25, 0.3) is 10.9 Å². The normalized spacial score (nSPS) is 10.9. The Morgan fingerprint density at radius 2 is 1.72 bits per heavy atom. The number of hydrogen-bond acceptors (Lipinski definition) is 2. The van der Waals surface area contributed by atoms with E-state index in [2.05, 4.69) is 5.32 Å². The first-order valence-electron chi connectivity index (χ1n) is 8.35. The van der Waals surface area contributed by atoms with E-state index < -0.39 is 0 Å². The van der Waals surface area contributed by atoms with Gasteiger partial charge in [0.15, 0.2) is 5.78 Å². The minimum absolute atomic E-state index is 0.0161. The van der Waals surface area contributed by atoms with Gasteiger partial charge in [0.05, 0.1) is 0 Å². The summed E-state index contributed by atoms with van der Waals surface area (Å²) in [4.78, 5) is 24.6. The third-order valence-corrected chi connectivity index (χ3v) is 4.76. The summed E-state index contributed by atoms with van der Waals surface area (Å²) in [5.74, 6) is -0.0879. The van der Waals surface area contributed by atoms with Crippen LogP contribution in [0.15, 0.2) is 42.5 Å². The van der Waals surface area contributed by atoms with Gasteiger partial charge < -0.3 is 9.88 Å². The van der Waals surface area contributed by atoms with Crippen molar-refractivity contribution < 1.29 is 9.59 Å². The summed E-state index contributed by atoms with van der Waals surface area (Å²) in [5, 5.41) is 3.88. The van der Waals surface area contributed by atoms with Gasteiger partial charge in [-0.15, -0.1) is 0 Å². The molecule has 1 N–H and O–H groups in total. The zero-order valence-electron chi connectivity index (χ0n) is 15.0. The summed E-state index contributed by atoms with van der Waals surface area (Å²) in [6, 6.07) is 13.6. The van der Waals surface area contributed by atoms with Crippen LogP contribution in [0.4, 0.5) is 5.69 Å². The van der Waals surface area contributed by atoms with E-state index in [1.54, 1.807) is 6.92 Å². The average molecular weight is 334 g/mol. The van der Waals surface area contributed by atoms with Gasteiger partial charge >= 0.3 is 0 Å². The molecule has 0 radical (unpaired) electrons. The van der Waals surface area contributed by atoms with E-state index in [-0.39, 0.29) is 18.2 Å². The third kappa shape index (κ3) is 3.07. The van der Waals surface area contributed by atoms with E-state index in [4.69, 9.17) is 0 Å². The predicted octanol–water partition coefficient (Wildman–Crippen LogP) is 4.41. The Balaban J connectivity index is 1.95. The highest BCUT2D eigenvalue weighted by Crippen LogP contribution is 2.26. The van der Waals surface area contributed by atoms with Gasteiger partial charge in [0, 0.05) is 27.8 Å². The molecule has 128 valence electrons. The van der Waals surface area contributed by atoms with Crippen molar-refractivity contribution in [2.75, 3.05) is 5.32 Å². The molecule has 3 aromatic rings. The van der Waals surface area contributed by atoms with Crippen molar-refractivity contribution in [3.63, 3.8) is 0 Å². The van der Waals surface area contributed by atoms with Crippen molar-refractivity contribution >= 4 is 28.3 Å². The Morgan fingerprint density at radius 1 is 1.00 bits per heavy atom. The Bertz CT molecular complexity index is 983. The van der Waals surface area contributed by atoms with Crippen molar-refractivity contribution in [2.45, 2.75) is 34.2 Å². The fraction of sp³-hybridized carbons (Fsp3) is 0.238. The van der Waals surface area contributed by atoms with Crippen LogP contribution in [0.1, 0.15) is 34.1 Å². The van der Waals surface area contributed by atoms with Gasteiger partial charge in [-0.1, -0.05) is 30.3 Å². The fourth-order valence-electron chi connectivity index (χ4n) is 3.30. The van der Waals surface area contributed by atoms with E-state index in [0.29, 0.717) is 5.56 Å². The third-order valence-electron chi connectivity index (χ3n) is 4.76. The highest BCUT2D eigenvalue weighted by molar-refractivity contribution is 6.08. The van der Waals surface area contributed by atoms with Crippen molar-refractivity contribution in [3.8, 4) is 0 Å². The number of carbonyl (C=O) groups excluding carboxylic acids is 2. The number of nitrogens with one attached hydrogen (secondary N) is 1. The minimum Gasteiger partial charge on any atom is -0.335 e. The molecule has 0 saturated carbocycles. The van der Waals surface area contributed by atoms with Gasteiger partial charge in [-0.05, 0) is 51.0 Å². The first-order valence-corrected chi connectivity index (χ1v) is 8.35. The monoisotopic (exact) mass is 334 g/mol. The van der Waals surface area contributed by atoms with Crippen LogP contribution in [0.3, 0.4) is 0 Å². The van der Waals surface area contributed by atoms with Crippen molar-refractivity contribution in [2.24, 2.45) is 0 Å². The lowest BCUT2D eigenvalue weighted by atomic mass is 10.1. The van der Waals surface area contributed by atoms with Gasteiger partial charge in [0.2, 0.25) is 5.91 Å². The summed E-state index contributed by atoms with van der Waals surface area (Å²) in [7, 11) is 0. The smallest absolute Gasteiger partial charge is 0.244 e. The molecule has 0 unspecified atom stereocenters. The first-order chi connectivity index (χ1) is 11.9. The molecular formula is C21H22N2O2. The van der Waals surface area contributed by atoms with E-state index in [1.807, 2.05) is 67.8 Å². The number of aromatic nitrogens is 1. The number of fused-ring (bicyclic) bond motifs is 1. The molecule has 0 aliphatic carbocycles. The molecule has 0 bridgehead atoms. The lowest BCUT2D eigenvalue weighted by Crippen LogP contribution is -2.20. The first kappa shape index (κ1) is 17.0. The average Bonchev–Trinajstić information content (AvgIpc) is 2.84. The number of rotatable bonds is 4. The highest BCUT2D eigenvalue weighted by atomic mass is 16.2. The topological polar surface area (TPSA) is 51.1 Å². The molecule has 4 nitrogen and oxygen atoms in total. The Hall–Kier alpha value is -2.88. The molecule has 1 heterocycles. The van der Waals surface area contributed by atoms with Crippen LogP contribution < -0.4 is 5.32 Å². The molecule has 1 amide bonds. The molecule has 3 rings (SSSR count). The van der Waals surface area contributed by atoms with Crippen molar-refractivity contribution in [3.05, 3.63) is 64.8 Å². The summed E-state index contributed by atoms with van der Waals surface area (Å²) in [5.41, 5.74) is 5.45. The van der Waals surface area contributed by atoms with Gasteiger partial charge in [-0.2, -0.15) is 0 Å². The van der Waals surface area contributed by atoms with Gasteiger partial charge in [0.1, 0.15) is 6.54 Å². The number of nitrogens with zero attached hydrogens (tertiary/aromatic N) is 1. The number of aryl methyl sites for hydroxylation is 1. The summed E-state index contributed by atoms with van der Waals surface area (Å²) in [6.07, 6.45) is 0. The number of amides is 1. The van der Waals surface area contributed by atoms with E-state index in [9.17, 15) is 9.59 Å². The molecule has 1 aromatic heterocycles. The Kier molecular flexibility index (Phi) is 4.45. The van der Waals surface area contributed by atoms with Crippen LogP contribution in [-0.2, 0) is 11.3 Å². The Labute approximate surface area is 147 Å². The molecule has 25 heavy (non-hydrogen) atoms. The highest BCUT2D eigenvalue weighted by Gasteiger charge is 2.18. The number of para-hydroxylation sites is 1. The van der Waals surface area contributed by atoms with E-state index in [0.717, 1.165) is 33.4 Å². The van der Waals surface area contributed by atoms with Crippen LogP contribution in [0.5, 0.6) is 0 Å². The quantitative estimate of drug-likeness (QED) is 0.719.